The van der Waals surface area contributed by atoms with Gasteiger partial charge in [-0.05, 0) is 23.9 Å². The van der Waals surface area contributed by atoms with Crippen molar-refractivity contribution >= 4 is 11.3 Å². The molecule has 0 saturated carbocycles. The molecule has 0 spiro atoms. The summed E-state index contributed by atoms with van der Waals surface area (Å²) >= 11 is 1.40. The zero-order valence-corrected chi connectivity index (χ0v) is 12.0. The third-order valence-electron chi connectivity index (χ3n) is 3.16. The van der Waals surface area contributed by atoms with E-state index in [1.54, 1.807) is 35.0 Å². The average molecular weight is 300 g/mol. The number of rotatable bonds is 2. The van der Waals surface area contributed by atoms with Gasteiger partial charge in [0.2, 0.25) is 5.88 Å². The molecule has 0 fully saturated rings. The van der Waals surface area contributed by atoms with Gasteiger partial charge in [0.05, 0.1) is 5.69 Å². The fourth-order valence-electron chi connectivity index (χ4n) is 2.21. The lowest BCUT2D eigenvalue weighted by molar-refractivity contribution is 0.434. The van der Waals surface area contributed by atoms with Crippen molar-refractivity contribution in [3.05, 3.63) is 67.5 Å². The Morgan fingerprint density at radius 3 is 2.71 bits per heavy atom. The lowest BCUT2D eigenvalue weighted by Gasteiger charge is -2.10. The van der Waals surface area contributed by atoms with Crippen molar-refractivity contribution in [3.8, 4) is 22.7 Å². The van der Waals surface area contributed by atoms with Crippen LogP contribution in [0.3, 0.4) is 0 Å². The third kappa shape index (κ3) is 2.30. The summed E-state index contributed by atoms with van der Waals surface area (Å²) in [6.45, 7) is 1.89. The quantitative estimate of drug-likeness (QED) is 0.762. The number of thiophene rings is 1. The van der Waals surface area contributed by atoms with Gasteiger partial charge < -0.3 is 5.11 Å². The number of H-pyrrole nitrogens is 1. The fourth-order valence-corrected chi connectivity index (χ4v) is 2.83. The molecule has 0 atom stereocenters. The maximum atomic E-state index is 12.1. The SMILES string of the molecule is Cc1cccc(-c2c(O)n(-c3ccsc3)c(=O)[nH]c2=O)c1. The summed E-state index contributed by atoms with van der Waals surface area (Å²) in [5, 5.41) is 13.9. The zero-order valence-electron chi connectivity index (χ0n) is 11.2. The molecule has 0 aliphatic heterocycles. The van der Waals surface area contributed by atoms with Crippen LogP contribution >= 0.6 is 11.3 Å². The molecule has 0 aliphatic rings. The van der Waals surface area contributed by atoms with E-state index in [1.807, 2.05) is 13.0 Å². The number of aromatic hydroxyl groups is 1. The molecule has 1 aromatic carbocycles. The lowest BCUT2D eigenvalue weighted by Crippen LogP contribution is -2.29. The van der Waals surface area contributed by atoms with E-state index >= 15 is 0 Å². The molecule has 2 N–H and O–H groups in total. The van der Waals surface area contributed by atoms with Crippen LogP contribution in [-0.4, -0.2) is 14.7 Å². The van der Waals surface area contributed by atoms with Gasteiger partial charge in [0.1, 0.15) is 5.56 Å². The van der Waals surface area contributed by atoms with Crippen molar-refractivity contribution in [2.75, 3.05) is 0 Å². The van der Waals surface area contributed by atoms with E-state index in [2.05, 4.69) is 4.98 Å². The van der Waals surface area contributed by atoms with Crippen LogP contribution in [0.1, 0.15) is 5.56 Å². The first-order valence-electron chi connectivity index (χ1n) is 6.26. The molecule has 5 nitrogen and oxygen atoms in total. The summed E-state index contributed by atoms with van der Waals surface area (Å²) in [5.41, 5.74) is 0.872. The van der Waals surface area contributed by atoms with Gasteiger partial charge in [0, 0.05) is 5.38 Å². The van der Waals surface area contributed by atoms with Gasteiger partial charge in [-0.1, -0.05) is 29.8 Å². The summed E-state index contributed by atoms with van der Waals surface area (Å²) in [7, 11) is 0. The standard InChI is InChI=1S/C15H12N2O3S/c1-9-3-2-4-10(7-9)12-13(18)16-15(20)17(14(12)19)11-5-6-21-8-11/h2-8,19H,1H3,(H,16,18,20). The predicted molar refractivity (Wildman–Crippen MR) is 82.4 cm³/mol. The van der Waals surface area contributed by atoms with Crippen LogP contribution < -0.4 is 11.2 Å². The smallest absolute Gasteiger partial charge is 0.335 e. The second-order valence-electron chi connectivity index (χ2n) is 4.64. The minimum atomic E-state index is -0.660. The van der Waals surface area contributed by atoms with Crippen molar-refractivity contribution in [2.24, 2.45) is 0 Å². The number of hydrogen-bond donors (Lipinski definition) is 2. The van der Waals surface area contributed by atoms with Crippen LogP contribution in [0.5, 0.6) is 5.88 Å². The molecular weight excluding hydrogens is 288 g/mol. The number of aromatic amines is 1. The molecule has 106 valence electrons. The average Bonchev–Trinajstić information content (AvgIpc) is 2.92. The predicted octanol–water partition coefficient (Wildman–Crippen LogP) is 2.27. The first-order chi connectivity index (χ1) is 10.1. The van der Waals surface area contributed by atoms with Gasteiger partial charge in [-0.15, -0.1) is 0 Å². The van der Waals surface area contributed by atoms with E-state index in [1.165, 1.54) is 11.3 Å². The van der Waals surface area contributed by atoms with Crippen LogP contribution in [0, 0.1) is 6.92 Å². The molecular formula is C15H12N2O3S. The van der Waals surface area contributed by atoms with Gasteiger partial charge >= 0.3 is 5.69 Å². The molecule has 0 saturated heterocycles. The van der Waals surface area contributed by atoms with Crippen molar-refractivity contribution in [2.45, 2.75) is 6.92 Å². The van der Waals surface area contributed by atoms with Crippen molar-refractivity contribution in [1.29, 1.82) is 0 Å². The van der Waals surface area contributed by atoms with E-state index < -0.39 is 11.2 Å². The van der Waals surface area contributed by atoms with Crippen molar-refractivity contribution in [3.63, 3.8) is 0 Å². The van der Waals surface area contributed by atoms with Gasteiger partial charge in [-0.2, -0.15) is 11.3 Å². The normalized spacial score (nSPS) is 10.7. The van der Waals surface area contributed by atoms with Crippen LogP contribution in [0.2, 0.25) is 0 Å². The maximum Gasteiger partial charge on any atom is 0.335 e. The highest BCUT2D eigenvalue weighted by Gasteiger charge is 2.17. The van der Waals surface area contributed by atoms with E-state index in [-0.39, 0.29) is 11.4 Å². The Balaban J connectivity index is 2.35. The van der Waals surface area contributed by atoms with Crippen LogP contribution in [0.15, 0.2) is 50.7 Å². The number of benzene rings is 1. The molecule has 0 radical (unpaired) electrons. The molecule has 0 unspecified atom stereocenters. The number of hydrogen-bond acceptors (Lipinski definition) is 4. The molecule has 6 heteroatoms. The largest absolute Gasteiger partial charge is 0.494 e. The van der Waals surface area contributed by atoms with E-state index in [4.69, 9.17) is 0 Å². The minimum Gasteiger partial charge on any atom is -0.494 e. The van der Waals surface area contributed by atoms with Gasteiger partial charge in [0.15, 0.2) is 0 Å². The third-order valence-corrected chi connectivity index (χ3v) is 3.83. The molecule has 2 heterocycles. The molecule has 2 aromatic heterocycles. The molecule has 0 aliphatic carbocycles. The second kappa shape index (κ2) is 5.06. The molecule has 0 bridgehead atoms. The number of aryl methyl sites for hydroxylation is 1. The topological polar surface area (TPSA) is 75.1 Å². The van der Waals surface area contributed by atoms with E-state index in [9.17, 15) is 14.7 Å². The van der Waals surface area contributed by atoms with Crippen molar-refractivity contribution in [1.82, 2.24) is 9.55 Å². The maximum absolute atomic E-state index is 12.1. The van der Waals surface area contributed by atoms with Crippen LogP contribution in [-0.2, 0) is 0 Å². The zero-order chi connectivity index (χ0) is 15.0. The highest BCUT2D eigenvalue weighted by atomic mass is 32.1. The molecule has 0 amide bonds. The van der Waals surface area contributed by atoms with Crippen molar-refractivity contribution < 1.29 is 5.11 Å². The first kappa shape index (κ1) is 13.4. The highest BCUT2D eigenvalue weighted by Crippen LogP contribution is 2.27. The Labute approximate surface area is 123 Å². The highest BCUT2D eigenvalue weighted by molar-refractivity contribution is 7.08. The minimum absolute atomic E-state index is 0.0875. The lowest BCUT2D eigenvalue weighted by atomic mass is 10.1. The van der Waals surface area contributed by atoms with Gasteiger partial charge in [-0.25, -0.2) is 9.36 Å². The van der Waals surface area contributed by atoms with E-state index in [0.29, 0.717) is 11.3 Å². The Bertz CT molecular complexity index is 907. The van der Waals surface area contributed by atoms with Gasteiger partial charge in [0.25, 0.3) is 5.56 Å². The second-order valence-corrected chi connectivity index (χ2v) is 5.42. The first-order valence-corrected chi connectivity index (χ1v) is 7.20. The summed E-state index contributed by atoms with van der Waals surface area (Å²) in [6.07, 6.45) is 0. The van der Waals surface area contributed by atoms with Crippen LogP contribution in [0.4, 0.5) is 0 Å². The molecule has 3 rings (SSSR count). The number of nitrogens with one attached hydrogen (secondary N) is 1. The monoisotopic (exact) mass is 300 g/mol. The summed E-state index contributed by atoms with van der Waals surface area (Å²) in [5.74, 6) is -0.354. The molecule has 21 heavy (non-hydrogen) atoms. The van der Waals surface area contributed by atoms with E-state index in [0.717, 1.165) is 10.1 Å². The number of aromatic nitrogens is 2. The Morgan fingerprint density at radius 1 is 1.24 bits per heavy atom. The van der Waals surface area contributed by atoms with Gasteiger partial charge in [-0.3, -0.25) is 9.78 Å². The summed E-state index contributed by atoms with van der Waals surface area (Å²) < 4.78 is 1.09. The summed E-state index contributed by atoms with van der Waals surface area (Å²) in [6, 6.07) is 8.89. The Morgan fingerprint density at radius 2 is 2.05 bits per heavy atom. The summed E-state index contributed by atoms with van der Waals surface area (Å²) in [4.78, 5) is 26.3. The Kier molecular flexibility index (Phi) is 3.23. The molecule has 3 aromatic rings. The number of nitrogens with zero attached hydrogens (tertiary/aromatic N) is 1. The Hall–Kier alpha value is -2.60. The van der Waals surface area contributed by atoms with Crippen LogP contribution in [0.25, 0.3) is 16.8 Å². The fraction of sp³-hybridized carbons (Fsp3) is 0.0667.